The van der Waals surface area contributed by atoms with Gasteiger partial charge in [0.1, 0.15) is 0 Å². The minimum Gasteiger partial charge on any atom is -0.396 e. The normalized spacial score (nSPS) is 26.6. The average Bonchev–Trinajstić information content (AvgIpc) is 2.43. The summed E-state index contributed by atoms with van der Waals surface area (Å²) in [5.74, 6) is 0.283. The first-order chi connectivity index (χ1) is 7.15. The molecule has 1 amide bonds. The van der Waals surface area contributed by atoms with Crippen molar-refractivity contribution in [3.8, 4) is 0 Å². The van der Waals surface area contributed by atoms with Crippen molar-refractivity contribution in [1.82, 2.24) is 10.6 Å². The number of carbonyl (C=O) groups is 1. The standard InChI is InChI=1S/C11H22N2O2/c1-8(7-14)9(2)13-10-5-3-4-6-12-11(10)15/h8-10,13-14H,3-7H2,1-2H3,(H,12,15). The second kappa shape index (κ2) is 6.08. The first-order valence-corrected chi connectivity index (χ1v) is 5.79. The second-order valence-corrected chi connectivity index (χ2v) is 4.45. The smallest absolute Gasteiger partial charge is 0.237 e. The maximum absolute atomic E-state index is 11.6. The summed E-state index contributed by atoms with van der Waals surface area (Å²) in [5, 5.41) is 15.2. The lowest BCUT2D eigenvalue weighted by Gasteiger charge is -2.24. The zero-order valence-electron chi connectivity index (χ0n) is 9.62. The lowest BCUT2D eigenvalue weighted by Crippen LogP contribution is -2.48. The lowest BCUT2D eigenvalue weighted by molar-refractivity contribution is -0.123. The second-order valence-electron chi connectivity index (χ2n) is 4.45. The van der Waals surface area contributed by atoms with Crippen LogP contribution in [0.15, 0.2) is 0 Å². The number of hydrogen-bond donors (Lipinski definition) is 3. The molecule has 1 heterocycles. The van der Waals surface area contributed by atoms with Crippen LogP contribution in [0.5, 0.6) is 0 Å². The summed E-state index contributed by atoms with van der Waals surface area (Å²) < 4.78 is 0. The minimum absolute atomic E-state index is 0.0866. The summed E-state index contributed by atoms with van der Waals surface area (Å²) >= 11 is 0. The van der Waals surface area contributed by atoms with Crippen LogP contribution in [0.4, 0.5) is 0 Å². The van der Waals surface area contributed by atoms with E-state index in [0.717, 1.165) is 25.8 Å². The van der Waals surface area contributed by atoms with Crippen LogP contribution >= 0.6 is 0 Å². The van der Waals surface area contributed by atoms with Gasteiger partial charge in [-0.15, -0.1) is 0 Å². The van der Waals surface area contributed by atoms with E-state index in [9.17, 15) is 4.79 Å². The van der Waals surface area contributed by atoms with Crippen LogP contribution < -0.4 is 10.6 Å². The van der Waals surface area contributed by atoms with Crippen molar-refractivity contribution >= 4 is 5.91 Å². The molecule has 1 aliphatic rings. The molecule has 4 nitrogen and oxygen atoms in total. The number of rotatable bonds is 4. The van der Waals surface area contributed by atoms with E-state index in [2.05, 4.69) is 10.6 Å². The van der Waals surface area contributed by atoms with Crippen LogP contribution in [0.3, 0.4) is 0 Å². The molecule has 3 unspecified atom stereocenters. The molecule has 0 saturated carbocycles. The highest BCUT2D eigenvalue weighted by Gasteiger charge is 2.23. The highest BCUT2D eigenvalue weighted by molar-refractivity contribution is 5.81. The first-order valence-electron chi connectivity index (χ1n) is 5.79. The highest BCUT2D eigenvalue weighted by atomic mass is 16.3. The third-order valence-corrected chi connectivity index (χ3v) is 3.14. The molecule has 88 valence electrons. The Balaban J connectivity index is 2.44. The van der Waals surface area contributed by atoms with E-state index in [4.69, 9.17) is 5.11 Å². The number of nitrogens with one attached hydrogen (secondary N) is 2. The topological polar surface area (TPSA) is 61.4 Å². The first kappa shape index (κ1) is 12.5. The van der Waals surface area contributed by atoms with Crippen molar-refractivity contribution in [2.24, 2.45) is 5.92 Å². The Morgan fingerprint density at radius 2 is 2.27 bits per heavy atom. The molecule has 0 aromatic carbocycles. The number of hydrogen-bond acceptors (Lipinski definition) is 3. The number of carbonyl (C=O) groups excluding carboxylic acids is 1. The van der Waals surface area contributed by atoms with E-state index < -0.39 is 0 Å². The Morgan fingerprint density at radius 3 is 2.93 bits per heavy atom. The zero-order chi connectivity index (χ0) is 11.3. The van der Waals surface area contributed by atoms with Crippen molar-refractivity contribution in [1.29, 1.82) is 0 Å². The van der Waals surface area contributed by atoms with Crippen LogP contribution in [-0.4, -0.2) is 36.2 Å². The quantitative estimate of drug-likeness (QED) is 0.629. The van der Waals surface area contributed by atoms with Crippen LogP contribution in [-0.2, 0) is 4.79 Å². The van der Waals surface area contributed by atoms with Crippen LogP contribution in [0.2, 0.25) is 0 Å². The van der Waals surface area contributed by atoms with Gasteiger partial charge in [-0.05, 0) is 32.1 Å². The van der Waals surface area contributed by atoms with Gasteiger partial charge in [0, 0.05) is 19.2 Å². The molecule has 0 aromatic heterocycles. The van der Waals surface area contributed by atoms with E-state index in [1.54, 1.807) is 0 Å². The molecule has 0 spiro atoms. The molecule has 15 heavy (non-hydrogen) atoms. The Kier molecular flexibility index (Phi) is 5.05. The van der Waals surface area contributed by atoms with Crippen molar-refractivity contribution in [3.05, 3.63) is 0 Å². The summed E-state index contributed by atoms with van der Waals surface area (Å²) in [7, 11) is 0. The summed E-state index contributed by atoms with van der Waals surface area (Å²) in [6.07, 6.45) is 3.04. The van der Waals surface area contributed by atoms with Gasteiger partial charge in [0.25, 0.3) is 0 Å². The fourth-order valence-corrected chi connectivity index (χ4v) is 1.74. The maximum atomic E-state index is 11.6. The molecular formula is C11H22N2O2. The van der Waals surface area contributed by atoms with Crippen molar-refractivity contribution in [2.75, 3.05) is 13.2 Å². The fraction of sp³-hybridized carbons (Fsp3) is 0.909. The highest BCUT2D eigenvalue weighted by Crippen LogP contribution is 2.09. The number of aliphatic hydroxyl groups excluding tert-OH is 1. The summed E-state index contributed by atoms with van der Waals surface area (Å²) in [4.78, 5) is 11.6. The Labute approximate surface area is 91.4 Å². The number of amides is 1. The average molecular weight is 214 g/mol. The van der Waals surface area contributed by atoms with E-state index >= 15 is 0 Å². The van der Waals surface area contributed by atoms with Gasteiger partial charge >= 0.3 is 0 Å². The third kappa shape index (κ3) is 3.80. The van der Waals surface area contributed by atoms with Gasteiger partial charge < -0.3 is 15.7 Å². The van der Waals surface area contributed by atoms with Gasteiger partial charge in [-0.2, -0.15) is 0 Å². The van der Waals surface area contributed by atoms with Gasteiger partial charge in [-0.3, -0.25) is 4.79 Å². The predicted molar refractivity (Wildman–Crippen MR) is 59.5 cm³/mol. The van der Waals surface area contributed by atoms with E-state index in [1.807, 2.05) is 13.8 Å². The maximum Gasteiger partial charge on any atom is 0.237 e. The van der Waals surface area contributed by atoms with Gasteiger partial charge in [-0.1, -0.05) is 6.92 Å². The molecule has 0 aromatic rings. The molecule has 4 heteroatoms. The Hall–Kier alpha value is -0.610. The van der Waals surface area contributed by atoms with E-state index in [1.165, 1.54) is 0 Å². The Morgan fingerprint density at radius 1 is 1.53 bits per heavy atom. The van der Waals surface area contributed by atoms with Crippen molar-refractivity contribution in [3.63, 3.8) is 0 Å². The zero-order valence-corrected chi connectivity index (χ0v) is 9.62. The molecule has 0 aliphatic carbocycles. The summed E-state index contributed by atoms with van der Waals surface area (Å²) in [6, 6.07) is 0.0837. The Bertz CT molecular complexity index is 209. The molecule has 1 saturated heterocycles. The van der Waals surface area contributed by atoms with Crippen LogP contribution in [0.25, 0.3) is 0 Å². The molecule has 0 radical (unpaired) electrons. The fourth-order valence-electron chi connectivity index (χ4n) is 1.74. The minimum atomic E-state index is -0.0866. The SMILES string of the molecule is CC(CO)C(C)NC1CCCCNC1=O. The van der Waals surface area contributed by atoms with Gasteiger partial charge in [0.05, 0.1) is 6.04 Å². The molecule has 1 rings (SSSR count). The molecule has 1 aliphatic heterocycles. The lowest BCUT2D eigenvalue weighted by atomic mass is 10.0. The van der Waals surface area contributed by atoms with Crippen molar-refractivity contribution in [2.45, 2.75) is 45.2 Å². The van der Waals surface area contributed by atoms with E-state index in [-0.39, 0.29) is 30.5 Å². The monoisotopic (exact) mass is 214 g/mol. The van der Waals surface area contributed by atoms with Gasteiger partial charge in [0.2, 0.25) is 5.91 Å². The molecule has 1 fully saturated rings. The third-order valence-electron chi connectivity index (χ3n) is 3.14. The summed E-state index contributed by atoms with van der Waals surface area (Å²) in [6.45, 7) is 4.94. The largest absolute Gasteiger partial charge is 0.396 e. The van der Waals surface area contributed by atoms with E-state index in [0.29, 0.717) is 0 Å². The van der Waals surface area contributed by atoms with Gasteiger partial charge in [-0.25, -0.2) is 0 Å². The van der Waals surface area contributed by atoms with Crippen LogP contribution in [0.1, 0.15) is 33.1 Å². The molecular weight excluding hydrogens is 192 g/mol. The van der Waals surface area contributed by atoms with Crippen molar-refractivity contribution < 1.29 is 9.90 Å². The number of aliphatic hydroxyl groups is 1. The molecule has 0 bridgehead atoms. The van der Waals surface area contributed by atoms with Crippen LogP contribution in [0, 0.1) is 5.92 Å². The summed E-state index contributed by atoms with van der Waals surface area (Å²) in [5.41, 5.74) is 0. The molecule has 3 atom stereocenters. The van der Waals surface area contributed by atoms with Gasteiger partial charge in [0.15, 0.2) is 0 Å². The predicted octanol–water partition coefficient (Wildman–Crippen LogP) is 0.262. The molecule has 3 N–H and O–H groups in total.